The molecule has 1 N–H and O–H groups in total. The molecule has 0 saturated heterocycles. The third kappa shape index (κ3) is 3.84. The average Bonchev–Trinajstić information content (AvgIpc) is 2.67. The third-order valence-corrected chi connectivity index (χ3v) is 4.16. The molecule has 24 heavy (non-hydrogen) atoms. The van der Waals surface area contributed by atoms with E-state index >= 15 is 0 Å². The quantitative estimate of drug-likeness (QED) is 0.691. The minimum Gasteiger partial charge on any atom is -0.489 e. The topological polar surface area (TPSA) is 29.5 Å². The zero-order chi connectivity index (χ0) is 16.8. The van der Waals surface area contributed by atoms with Gasteiger partial charge in [-0.2, -0.15) is 0 Å². The molecule has 3 aromatic carbocycles. The Morgan fingerprint density at radius 2 is 1.54 bits per heavy atom. The summed E-state index contributed by atoms with van der Waals surface area (Å²) in [6, 6.07) is 26.5. The first-order valence-electron chi connectivity index (χ1n) is 8.25. The van der Waals surface area contributed by atoms with Crippen LogP contribution >= 0.6 is 0 Å². The molecule has 0 fully saturated rings. The van der Waals surface area contributed by atoms with E-state index in [-0.39, 0.29) is 12.5 Å². The maximum Gasteiger partial charge on any atom is 0.120 e. The molecule has 122 valence electrons. The van der Waals surface area contributed by atoms with E-state index in [1.165, 1.54) is 0 Å². The lowest BCUT2D eigenvalue weighted by molar-refractivity contribution is 0.272. The molecule has 0 aromatic heterocycles. The molecule has 0 aliphatic heterocycles. The number of hydrogen-bond donors (Lipinski definition) is 1. The van der Waals surface area contributed by atoms with E-state index in [9.17, 15) is 5.11 Å². The van der Waals surface area contributed by atoms with Gasteiger partial charge in [0.1, 0.15) is 12.4 Å². The summed E-state index contributed by atoms with van der Waals surface area (Å²) in [6.45, 7) is 2.68. The van der Waals surface area contributed by atoms with Crippen molar-refractivity contribution in [2.75, 3.05) is 6.61 Å². The number of ether oxygens (including phenoxy) is 1. The van der Waals surface area contributed by atoms with Crippen LogP contribution in [0.4, 0.5) is 0 Å². The highest BCUT2D eigenvalue weighted by molar-refractivity contribution is 5.69. The van der Waals surface area contributed by atoms with Crippen molar-refractivity contribution in [1.82, 2.24) is 0 Å². The second-order valence-electron chi connectivity index (χ2n) is 5.97. The number of rotatable bonds is 6. The molecule has 0 amide bonds. The van der Waals surface area contributed by atoms with Crippen LogP contribution < -0.4 is 4.74 Å². The first kappa shape index (κ1) is 16.3. The molecule has 2 nitrogen and oxygen atoms in total. The molecule has 0 heterocycles. The SMILES string of the molecule is CC(CO)c1cc(OCc2ccccc2)ccc1-c1ccccc1. The minimum absolute atomic E-state index is 0.0560. The number of aliphatic hydroxyl groups excluding tert-OH is 1. The fraction of sp³-hybridized carbons (Fsp3) is 0.182. The smallest absolute Gasteiger partial charge is 0.120 e. The van der Waals surface area contributed by atoms with Gasteiger partial charge in [0.15, 0.2) is 0 Å². The molecule has 0 radical (unpaired) electrons. The van der Waals surface area contributed by atoms with Crippen LogP contribution in [0.25, 0.3) is 11.1 Å². The predicted octanol–water partition coefficient (Wildman–Crippen LogP) is 5.03. The summed E-state index contributed by atoms with van der Waals surface area (Å²) in [5.41, 5.74) is 4.54. The van der Waals surface area contributed by atoms with Gasteiger partial charge in [-0.25, -0.2) is 0 Å². The van der Waals surface area contributed by atoms with Crippen molar-refractivity contribution in [1.29, 1.82) is 0 Å². The Kier molecular flexibility index (Phi) is 5.29. The lowest BCUT2D eigenvalue weighted by Gasteiger charge is -2.17. The van der Waals surface area contributed by atoms with E-state index < -0.39 is 0 Å². The Morgan fingerprint density at radius 3 is 2.21 bits per heavy atom. The van der Waals surface area contributed by atoms with Crippen molar-refractivity contribution in [2.45, 2.75) is 19.4 Å². The standard InChI is InChI=1S/C22H22O2/c1-17(15-23)22-14-20(24-16-18-8-4-2-5-9-18)12-13-21(22)19-10-6-3-7-11-19/h2-14,17,23H,15-16H2,1H3. The Morgan fingerprint density at radius 1 is 0.875 bits per heavy atom. The van der Waals surface area contributed by atoms with Crippen LogP contribution in [0.2, 0.25) is 0 Å². The third-order valence-electron chi connectivity index (χ3n) is 4.16. The largest absolute Gasteiger partial charge is 0.489 e. The molecule has 0 aliphatic rings. The van der Waals surface area contributed by atoms with Crippen LogP contribution in [0.3, 0.4) is 0 Å². The van der Waals surface area contributed by atoms with Crippen molar-refractivity contribution >= 4 is 0 Å². The van der Waals surface area contributed by atoms with Crippen LogP contribution in [-0.2, 0) is 6.61 Å². The lowest BCUT2D eigenvalue weighted by Crippen LogP contribution is -2.03. The van der Waals surface area contributed by atoms with Gasteiger partial charge in [-0.15, -0.1) is 0 Å². The Balaban J connectivity index is 1.87. The molecule has 2 heteroatoms. The molecular weight excluding hydrogens is 296 g/mol. The molecular formula is C22H22O2. The number of benzene rings is 3. The van der Waals surface area contributed by atoms with E-state index in [1.807, 2.05) is 55.5 Å². The van der Waals surface area contributed by atoms with Crippen LogP contribution in [0.15, 0.2) is 78.9 Å². The van der Waals surface area contributed by atoms with Gasteiger partial charge in [0.25, 0.3) is 0 Å². The van der Waals surface area contributed by atoms with Gasteiger partial charge >= 0.3 is 0 Å². The summed E-state index contributed by atoms with van der Waals surface area (Å²) in [7, 11) is 0. The monoisotopic (exact) mass is 318 g/mol. The maximum absolute atomic E-state index is 9.62. The molecule has 0 saturated carbocycles. The molecule has 1 unspecified atom stereocenters. The summed E-state index contributed by atoms with van der Waals surface area (Å²) in [5.74, 6) is 0.884. The van der Waals surface area contributed by atoms with Gasteiger partial charge < -0.3 is 9.84 Å². The molecule has 3 aromatic rings. The normalized spacial score (nSPS) is 11.9. The summed E-state index contributed by atoms with van der Waals surface area (Å²) in [4.78, 5) is 0. The van der Waals surface area contributed by atoms with Gasteiger partial charge in [-0.05, 0) is 34.4 Å². The Bertz CT molecular complexity index is 766. The van der Waals surface area contributed by atoms with Crippen molar-refractivity contribution in [3.8, 4) is 16.9 Å². The summed E-state index contributed by atoms with van der Waals surface area (Å²) >= 11 is 0. The molecule has 0 spiro atoms. The first-order valence-corrected chi connectivity index (χ1v) is 8.25. The summed E-state index contributed by atoms with van der Waals surface area (Å²) in [5, 5.41) is 9.62. The van der Waals surface area contributed by atoms with E-state index in [0.29, 0.717) is 6.61 Å². The first-order chi connectivity index (χ1) is 11.8. The fourth-order valence-electron chi connectivity index (χ4n) is 2.76. The molecule has 0 bridgehead atoms. The number of aliphatic hydroxyl groups is 1. The van der Waals surface area contributed by atoms with Gasteiger partial charge in [-0.3, -0.25) is 0 Å². The Labute approximate surface area is 143 Å². The van der Waals surface area contributed by atoms with Crippen LogP contribution in [0.5, 0.6) is 5.75 Å². The van der Waals surface area contributed by atoms with Gasteiger partial charge in [0.2, 0.25) is 0 Å². The van der Waals surface area contributed by atoms with E-state index in [4.69, 9.17) is 4.74 Å². The van der Waals surface area contributed by atoms with Gasteiger partial charge in [0.05, 0.1) is 0 Å². The highest BCUT2D eigenvalue weighted by Gasteiger charge is 2.13. The van der Waals surface area contributed by atoms with Crippen molar-refractivity contribution in [3.05, 3.63) is 90.0 Å². The molecule has 0 aliphatic carbocycles. The van der Waals surface area contributed by atoms with E-state index in [1.54, 1.807) is 0 Å². The molecule has 1 atom stereocenters. The van der Waals surface area contributed by atoms with E-state index in [0.717, 1.165) is 28.0 Å². The van der Waals surface area contributed by atoms with Gasteiger partial charge in [0, 0.05) is 12.5 Å². The van der Waals surface area contributed by atoms with Crippen molar-refractivity contribution in [2.24, 2.45) is 0 Å². The molecule has 3 rings (SSSR count). The van der Waals surface area contributed by atoms with Crippen LogP contribution in [0.1, 0.15) is 24.0 Å². The Hall–Kier alpha value is -2.58. The lowest BCUT2D eigenvalue weighted by atomic mass is 9.92. The highest BCUT2D eigenvalue weighted by Crippen LogP contribution is 2.32. The number of hydrogen-bond acceptors (Lipinski definition) is 2. The zero-order valence-electron chi connectivity index (χ0n) is 13.9. The average molecular weight is 318 g/mol. The maximum atomic E-state index is 9.62. The van der Waals surface area contributed by atoms with E-state index in [2.05, 4.69) is 30.3 Å². The zero-order valence-corrected chi connectivity index (χ0v) is 13.9. The minimum atomic E-state index is 0.0560. The van der Waals surface area contributed by atoms with Crippen LogP contribution in [0, 0.1) is 0 Å². The van der Waals surface area contributed by atoms with Crippen LogP contribution in [-0.4, -0.2) is 11.7 Å². The van der Waals surface area contributed by atoms with Gasteiger partial charge in [-0.1, -0.05) is 73.7 Å². The second-order valence-corrected chi connectivity index (χ2v) is 5.97. The summed E-state index contributed by atoms with van der Waals surface area (Å²) < 4.78 is 5.94. The van der Waals surface area contributed by atoms with Crippen molar-refractivity contribution in [3.63, 3.8) is 0 Å². The fourth-order valence-corrected chi connectivity index (χ4v) is 2.76. The predicted molar refractivity (Wildman–Crippen MR) is 98.2 cm³/mol. The van der Waals surface area contributed by atoms with Crippen molar-refractivity contribution < 1.29 is 9.84 Å². The highest BCUT2D eigenvalue weighted by atomic mass is 16.5. The summed E-state index contributed by atoms with van der Waals surface area (Å²) in [6.07, 6.45) is 0. The second kappa shape index (κ2) is 7.80.